The molecule has 18 heavy (non-hydrogen) atoms. The molecule has 0 aromatic carbocycles. The normalized spacial score (nSPS) is 9.89. The number of carbonyl (C=O) groups excluding carboxylic acids is 4. The van der Waals surface area contributed by atoms with E-state index >= 15 is 0 Å². The Kier molecular flexibility index (Phi) is 6.40. The van der Waals surface area contributed by atoms with Crippen molar-refractivity contribution in [3.05, 3.63) is 0 Å². The Labute approximate surface area is 103 Å². The van der Waals surface area contributed by atoms with E-state index in [2.05, 4.69) is 19.2 Å². The van der Waals surface area contributed by atoms with Gasteiger partial charge in [0.15, 0.2) is 0 Å². The fraction of sp³-hybridized carbons (Fsp3) is 0.600. The first-order valence-corrected chi connectivity index (χ1v) is 5.09. The summed E-state index contributed by atoms with van der Waals surface area (Å²) < 4.78 is 8.19. The van der Waals surface area contributed by atoms with Crippen LogP contribution in [0.4, 0.5) is 9.59 Å². The summed E-state index contributed by atoms with van der Waals surface area (Å²) in [5, 5.41) is 0. The minimum atomic E-state index is -1.53. The van der Waals surface area contributed by atoms with E-state index in [1.807, 2.05) is 0 Å². The van der Waals surface area contributed by atoms with Gasteiger partial charge in [0.25, 0.3) is 0 Å². The fourth-order valence-corrected chi connectivity index (χ4v) is 0.502. The van der Waals surface area contributed by atoms with Crippen molar-refractivity contribution < 1.29 is 38.4 Å². The van der Waals surface area contributed by atoms with E-state index in [0.717, 1.165) is 0 Å². The molecule has 102 valence electrons. The smallest absolute Gasteiger partial charge is 0.358 e. The molecule has 0 spiro atoms. The number of ether oxygens (including phenoxy) is 2. The van der Waals surface area contributed by atoms with Gasteiger partial charge in [-0.15, -0.1) is 0 Å². The second kappa shape index (κ2) is 7.25. The van der Waals surface area contributed by atoms with Gasteiger partial charge in [0, 0.05) is 0 Å². The molecule has 0 bridgehead atoms. The first kappa shape index (κ1) is 15.9. The van der Waals surface area contributed by atoms with Crippen LogP contribution in [0.1, 0.15) is 27.7 Å². The second-order valence-corrected chi connectivity index (χ2v) is 3.82. The first-order chi connectivity index (χ1) is 8.23. The third-order valence-corrected chi connectivity index (χ3v) is 1.49. The van der Waals surface area contributed by atoms with E-state index in [9.17, 15) is 19.2 Å². The van der Waals surface area contributed by atoms with Crippen molar-refractivity contribution >= 4 is 24.2 Å². The van der Waals surface area contributed by atoms with E-state index < -0.39 is 36.1 Å². The molecule has 0 amide bonds. The second-order valence-electron chi connectivity index (χ2n) is 3.82. The molecular weight excluding hydrogens is 248 g/mol. The molecule has 0 atom stereocenters. The molecule has 0 unspecified atom stereocenters. The molecule has 0 aliphatic carbocycles. The van der Waals surface area contributed by atoms with Gasteiger partial charge in [-0.3, -0.25) is 9.59 Å². The molecule has 0 fully saturated rings. The van der Waals surface area contributed by atoms with E-state index in [1.54, 1.807) is 0 Å². The third-order valence-electron chi connectivity index (χ3n) is 1.49. The van der Waals surface area contributed by atoms with Crippen molar-refractivity contribution in [2.45, 2.75) is 27.7 Å². The van der Waals surface area contributed by atoms with Crippen molar-refractivity contribution in [1.82, 2.24) is 0 Å². The average molecular weight is 262 g/mol. The molecule has 0 heterocycles. The lowest BCUT2D eigenvalue weighted by Crippen LogP contribution is -2.22. The lowest BCUT2D eigenvalue weighted by Gasteiger charge is -2.05. The Balaban J connectivity index is 3.96. The average Bonchev–Trinajstić information content (AvgIpc) is 2.25. The van der Waals surface area contributed by atoms with Crippen LogP contribution in [-0.4, -0.2) is 24.2 Å². The Hall–Kier alpha value is -2.12. The summed E-state index contributed by atoms with van der Waals surface area (Å²) in [7, 11) is 0. The first-order valence-electron chi connectivity index (χ1n) is 5.09. The Morgan fingerprint density at radius 1 is 0.667 bits per heavy atom. The lowest BCUT2D eigenvalue weighted by atomic mass is 10.2. The number of carbonyl (C=O) groups is 4. The summed E-state index contributed by atoms with van der Waals surface area (Å²) in [4.78, 5) is 51.0. The number of esters is 2. The summed E-state index contributed by atoms with van der Waals surface area (Å²) in [6, 6.07) is 0. The van der Waals surface area contributed by atoms with Gasteiger partial charge in [-0.25, -0.2) is 0 Å². The molecule has 0 saturated heterocycles. The van der Waals surface area contributed by atoms with Crippen molar-refractivity contribution in [3.63, 3.8) is 0 Å². The number of hydrogen-bond acceptors (Lipinski definition) is 8. The van der Waals surface area contributed by atoms with Crippen molar-refractivity contribution in [1.29, 1.82) is 0 Å². The van der Waals surface area contributed by atoms with Crippen LogP contribution < -0.4 is 0 Å². The van der Waals surface area contributed by atoms with Crippen molar-refractivity contribution in [3.8, 4) is 0 Å². The van der Waals surface area contributed by atoms with Crippen LogP contribution in [0.15, 0.2) is 0 Å². The lowest BCUT2D eigenvalue weighted by molar-refractivity contribution is -0.219. The highest BCUT2D eigenvalue weighted by molar-refractivity contribution is 5.84. The maximum Gasteiger partial charge on any atom is 0.558 e. The molecule has 0 aliphatic heterocycles. The zero-order chi connectivity index (χ0) is 14.3. The van der Waals surface area contributed by atoms with Crippen LogP contribution in [0.3, 0.4) is 0 Å². The molecule has 0 saturated carbocycles. The highest BCUT2D eigenvalue weighted by atomic mass is 17.3. The molecule has 0 N–H and O–H groups in total. The SMILES string of the molecule is CC(C)C(=O)OC(=O)OOC(=O)OC(=O)C(C)C. The molecule has 0 aliphatic rings. The van der Waals surface area contributed by atoms with Crippen LogP contribution in [-0.2, 0) is 28.8 Å². The standard InChI is InChI=1S/C10H14O8/c1-5(2)7(11)15-9(13)17-18-10(14)16-8(12)6(3)4/h5-6H,1-4H3. The van der Waals surface area contributed by atoms with Crippen LogP contribution in [0.25, 0.3) is 0 Å². The molecule has 8 heteroatoms. The van der Waals surface area contributed by atoms with Gasteiger partial charge in [0.05, 0.1) is 11.8 Å². The topological polar surface area (TPSA) is 105 Å². The summed E-state index contributed by atoms with van der Waals surface area (Å²) in [5.41, 5.74) is 0. The van der Waals surface area contributed by atoms with Gasteiger partial charge in [-0.05, 0) is 0 Å². The van der Waals surface area contributed by atoms with Gasteiger partial charge >= 0.3 is 24.2 Å². The predicted molar refractivity (Wildman–Crippen MR) is 54.8 cm³/mol. The van der Waals surface area contributed by atoms with Crippen molar-refractivity contribution in [2.24, 2.45) is 11.8 Å². The van der Waals surface area contributed by atoms with Crippen LogP contribution in [0.5, 0.6) is 0 Å². The van der Waals surface area contributed by atoms with Gasteiger partial charge in [0.1, 0.15) is 0 Å². The van der Waals surface area contributed by atoms with Crippen molar-refractivity contribution in [2.75, 3.05) is 0 Å². The molecule has 0 radical (unpaired) electrons. The van der Waals surface area contributed by atoms with E-state index in [0.29, 0.717) is 0 Å². The van der Waals surface area contributed by atoms with E-state index in [-0.39, 0.29) is 0 Å². The maximum atomic E-state index is 10.9. The monoisotopic (exact) mass is 262 g/mol. The molecule has 0 aromatic rings. The highest BCUT2D eigenvalue weighted by Crippen LogP contribution is 2.01. The zero-order valence-electron chi connectivity index (χ0n) is 10.4. The van der Waals surface area contributed by atoms with Crippen LogP contribution in [0, 0.1) is 11.8 Å². The minimum Gasteiger partial charge on any atom is -0.358 e. The quantitative estimate of drug-likeness (QED) is 0.319. The number of rotatable bonds is 2. The Morgan fingerprint density at radius 2 is 0.944 bits per heavy atom. The van der Waals surface area contributed by atoms with Gasteiger partial charge < -0.3 is 9.47 Å². The van der Waals surface area contributed by atoms with Crippen LogP contribution >= 0.6 is 0 Å². The highest BCUT2D eigenvalue weighted by Gasteiger charge is 2.21. The zero-order valence-corrected chi connectivity index (χ0v) is 10.4. The fourth-order valence-electron chi connectivity index (χ4n) is 0.502. The molecule has 8 nitrogen and oxygen atoms in total. The molecule has 0 rings (SSSR count). The minimum absolute atomic E-state index is 0.549. The summed E-state index contributed by atoms with van der Waals surface area (Å²) in [6.45, 7) is 5.97. The van der Waals surface area contributed by atoms with E-state index in [4.69, 9.17) is 0 Å². The largest absolute Gasteiger partial charge is 0.558 e. The number of hydrogen-bond donors (Lipinski definition) is 0. The van der Waals surface area contributed by atoms with Gasteiger partial charge in [0.2, 0.25) is 0 Å². The molecular formula is C10H14O8. The summed E-state index contributed by atoms with van der Waals surface area (Å²) >= 11 is 0. The maximum absolute atomic E-state index is 10.9. The summed E-state index contributed by atoms with van der Waals surface area (Å²) in [5.74, 6) is -2.80. The predicted octanol–water partition coefficient (Wildman–Crippen LogP) is 1.57. The molecule has 0 aromatic heterocycles. The van der Waals surface area contributed by atoms with Gasteiger partial charge in [-0.2, -0.15) is 19.4 Å². The van der Waals surface area contributed by atoms with E-state index in [1.165, 1.54) is 27.7 Å². The third kappa shape index (κ3) is 6.46. The Morgan fingerprint density at radius 3 is 1.17 bits per heavy atom. The summed E-state index contributed by atoms with van der Waals surface area (Å²) in [6.07, 6.45) is -3.05. The van der Waals surface area contributed by atoms with Crippen LogP contribution in [0.2, 0.25) is 0 Å². The van der Waals surface area contributed by atoms with Gasteiger partial charge in [-0.1, -0.05) is 27.7 Å². The Bertz CT molecular complexity index is 310.